The molecule has 1 fully saturated rings. The van der Waals surface area contributed by atoms with Crippen molar-refractivity contribution in [2.75, 3.05) is 13.6 Å². The second-order valence-electron chi connectivity index (χ2n) is 7.22. The summed E-state index contributed by atoms with van der Waals surface area (Å²) in [6, 6.07) is 5.36. The Kier molecular flexibility index (Phi) is 5.38. The average molecular weight is 358 g/mol. The van der Waals surface area contributed by atoms with E-state index in [1.54, 1.807) is 4.90 Å². The fourth-order valence-electron chi connectivity index (χ4n) is 3.71. The largest absolute Gasteiger partial charge is 0.327 e. The number of nitrogens with zero attached hydrogens (tertiary/aromatic N) is 2. The smallest absolute Gasteiger partial charge is 0.255 e. The lowest BCUT2D eigenvalue weighted by Gasteiger charge is -2.29. The molecule has 2 heterocycles. The van der Waals surface area contributed by atoms with Crippen molar-refractivity contribution in [2.24, 2.45) is 5.73 Å². The number of amides is 3. The molecular formula is C19H26N4O3. The Morgan fingerprint density at radius 3 is 2.81 bits per heavy atom. The highest BCUT2D eigenvalue weighted by Gasteiger charge is 2.39. The van der Waals surface area contributed by atoms with Crippen molar-refractivity contribution in [3.63, 3.8) is 0 Å². The van der Waals surface area contributed by atoms with Gasteiger partial charge in [-0.15, -0.1) is 0 Å². The lowest BCUT2D eigenvalue weighted by Crippen LogP contribution is -2.52. The molecule has 3 N–H and O–H groups in total. The highest BCUT2D eigenvalue weighted by atomic mass is 16.2. The third kappa shape index (κ3) is 3.64. The van der Waals surface area contributed by atoms with E-state index >= 15 is 0 Å². The molecule has 3 amide bonds. The number of benzene rings is 1. The molecule has 140 valence electrons. The van der Waals surface area contributed by atoms with Crippen LogP contribution >= 0.6 is 0 Å². The zero-order chi connectivity index (χ0) is 18.8. The van der Waals surface area contributed by atoms with Gasteiger partial charge in [0.2, 0.25) is 11.8 Å². The maximum atomic E-state index is 13.0. The van der Waals surface area contributed by atoms with E-state index in [0.717, 1.165) is 24.1 Å². The minimum Gasteiger partial charge on any atom is -0.327 e. The molecule has 0 bridgehead atoms. The third-order valence-corrected chi connectivity index (χ3v) is 5.15. The van der Waals surface area contributed by atoms with Crippen LogP contribution < -0.4 is 11.1 Å². The number of nitrogens with two attached hydrogens (primary N) is 1. The predicted molar refractivity (Wildman–Crippen MR) is 97.1 cm³/mol. The quantitative estimate of drug-likeness (QED) is 0.727. The molecule has 1 aromatic carbocycles. The number of hydrogen-bond donors (Lipinski definition) is 2. The van der Waals surface area contributed by atoms with Crippen molar-refractivity contribution >= 4 is 17.7 Å². The highest BCUT2D eigenvalue weighted by Crippen LogP contribution is 2.30. The van der Waals surface area contributed by atoms with E-state index in [-0.39, 0.29) is 30.2 Å². The topological polar surface area (TPSA) is 95.7 Å². The zero-order valence-corrected chi connectivity index (χ0v) is 15.3. The molecule has 1 saturated heterocycles. The number of fused-ring (bicyclic) bond motifs is 1. The van der Waals surface area contributed by atoms with Crippen molar-refractivity contribution in [1.29, 1.82) is 0 Å². The van der Waals surface area contributed by atoms with Crippen molar-refractivity contribution in [3.05, 3.63) is 34.9 Å². The lowest BCUT2D eigenvalue weighted by atomic mass is 10.0. The van der Waals surface area contributed by atoms with E-state index in [4.69, 9.17) is 5.73 Å². The number of piperidine rings is 1. The van der Waals surface area contributed by atoms with Crippen molar-refractivity contribution < 1.29 is 14.4 Å². The van der Waals surface area contributed by atoms with Crippen LogP contribution in [0, 0.1) is 0 Å². The predicted octanol–water partition coefficient (Wildman–Crippen LogP) is 0.617. The molecule has 0 spiro atoms. The molecule has 7 nitrogen and oxygen atoms in total. The maximum absolute atomic E-state index is 13.0. The first-order valence-electron chi connectivity index (χ1n) is 9.10. The van der Waals surface area contributed by atoms with Gasteiger partial charge in [-0.25, -0.2) is 0 Å². The summed E-state index contributed by atoms with van der Waals surface area (Å²) in [6.45, 7) is 3.85. The van der Waals surface area contributed by atoms with E-state index in [9.17, 15) is 14.4 Å². The second-order valence-corrected chi connectivity index (χ2v) is 7.22. The van der Waals surface area contributed by atoms with Crippen LogP contribution in [-0.4, -0.2) is 53.2 Å². The summed E-state index contributed by atoms with van der Waals surface area (Å²) in [5, 5.41) is 2.33. The molecule has 2 aliphatic rings. The Bertz CT molecular complexity index is 733. The van der Waals surface area contributed by atoms with Gasteiger partial charge in [0.25, 0.3) is 5.91 Å². The Labute approximate surface area is 153 Å². The highest BCUT2D eigenvalue weighted by molar-refractivity contribution is 6.05. The molecule has 0 aliphatic carbocycles. The number of hydrogen-bond acceptors (Lipinski definition) is 5. The van der Waals surface area contributed by atoms with Gasteiger partial charge in [-0.3, -0.25) is 19.7 Å². The molecule has 0 saturated carbocycles. The van der Waals surface area contributed by atoms with Gasteiger partial charge in [0.05, 0.1) is 0 Å². The van der Waals surface area contributed by atoms with E-state index in [2.05, 4.69) is 17.1 Å². The molecule has 3 rings (SSSR count). The lowest BCUT2D eigenvalue weighted by molar-refractivity contribution is -0.136. The molecular weight excluding hydrogens is 332 g/mol. The Balaban J connectivity index is 1.78. The minimum atomic E-state index is -0.577. The summed E-state index contributed by atoms with van der Waals surface area (Å²) in [5.41, 5.74) is 8.60. The van der Waals surface area contributed by atoms with Crippen molar-refractivity contribution in [1.82, 2.24) is 15.1 Å². The van der Waals surface area contributed by atoms with Crippen LogP contribution in [0.25, 0.3) is 0 Å². The zero-order valence-electron chi connectivity index (χ0n) is 15.3. The summed E-state index contributed by atoms with van der Waals surface area (Å²) >= 11 is 0. The fourth-order valence-corrected chi connectivity index (χ4v) is 3.71. The first-order chi connectivity index (χ1) is 12.4. The first kappa shape index (κ1) is 18.5. The van der Waals surface area contributed by atoms with E-state index in [0.29, 0.717) is 25.1 Å². The van der Waals surface area contributed by atoms with Gasteiger partial charge in [0, 0.05) is 37.7 Å². The van der Waals surface area contributed by atoms with Crippen molar-refractivity contribution in [3.8, 4) is 0 Å². The van der Waals surface area contributed by atoms with Gasteiger partial charge in [0.15, 0.2) is 0 Å². The molecule has 2 unspecified atom stereocenters. The number of nitrogens with one attached hydrogen (secondary N) is 1. The van der Waals surface area contributed by atoms with Gasteiger partial charge >= 0.3 is 0 Å². The van der Waals surface area contributed by atoms with E-state index in [1.165, 1.54) is 0 Å². The number of imide groups is 1. The van der Waals surface area contributed by atoms with Crippen LogP contribution in [0.2, 0.25) is 0 Å². The monoisotopic (exact) mass is 358 g/mol. The summed E-state index contributed by atoms with van der Waals surface area (Å²) in [6.07, 6.45) is 1.55. The van der Waals surface area contributed by atoms with Crippen molar-refractivity contribution in [2.45, 2.75) is 51.4 Å². The van der Waals surface area contributed by atoms with Gasteiger partial charge in [-0.2, -0.15) is 0 Å². The standard InChI is InChI=1S/C19H26N4O3/c1-3-14(20)11-22(2)9-12-5-4-6-13-10-23(19(26)17(12)13)15-7-8-16(24)21-18(15)25/h4-6,14-15H,3,7-11,20H2,1-2H3,(H,21,24,25). The minimum absolute atomic E-state index is 0.104. The maximum Gasteiger partial charge on any atom is 0.255 e. The number of likely N-dealkylation sites (N-methyl/N-ethyl adjacent to an activating group) is 1. The molecule has 1 aromatic rings. The van der Waals surface area contributed by atoms with Gasteiger partial charge in [-0.1, -0.05) is 25.1 Å². The molecule has 0 aromatic heterocycles. The third-order valence-electron chi connectivity index (χ3n) is 5.15. The van der Waals surface area contributed by atoms with Gasteiger partial charge < -0.3 is 15.5 Å². The van der Waals surface area contributed by atoms with Gasteiger partial charge in [-0.05, 0) is 31.0 Å². The number of carbonyl (C=O) groups is 3. The summed E-state index contributed by atoms with van der Waals surface area (Å²) in [7, 11) is 1.99. The van der Waals surface area contributed by atoms with Crippen LogP contribution in [0.5, 0.6) is 0 Å². The fraction of sp³-hybridized carbons (Fsp3) is 0.526. The van der Waals surface area contributed by atoms with Crippen LogP contribution in [0.4, 0.5) is 0 Å². The molecule has 7 heteroatoms. The Morgan fingerprint density at radius 1 is 1.35 bits per heavy atom. The molecule has 2 atom stereocenters. The SMILES string of the molecule is CCC(N)CN(C)Cc1cccc2c1C(=O)N(C1CCC(=O)NC1=O)C2. The van der Waals surface area contributed by atoms with E-state index in [1.807, 2.05) is 25.2 Å². The second kappa shape index (κ2) is 7.55. The Hall–Kier alpha value is -2.25. The molecule has 2 aliphatic heterocycles. The average Bonchev–Trinajstić information content (AvgIpc) is 2.92. The summed E-state index contributed by atoms with van der Waals surface area (Å²) in [4.78, 5) is 40.3. The van der Waals surface area contributed by atoms with Crippen LogP contribution in [0.3, 0.4) is 0 Å². The van der Waals surface area contributed by atoms with Crippen LogP contribution in [-0.2, 0) is 22.7 Å². The summed E-state index contributed by atoms with van der Waals surface area (Å²) < 4.78 is 0. The summed E-state index contributed by atoms with van der Waals surface area (Å²) in [5.74, 6) is -0.779. The normalized spacial score (nSPS) is 21.2. The number of carbonyl (C=O) groups excluding carboxylic acids is 3. The Morgan fingerprint density at radius 2 is 2.12 bits per heavy atom. The van der Waals surface area contributed by atoms with Crippen LogP contribution in [0.15, 0.2) is 18.2 Å². The molecule has 0 radical (unpaired) electrons. The van der Waals surface area contributed by atoms with E-state index < -0.39 is 6.04 Å². The number of rotatable bonds is 6. The first-order valence-corrected chi connectivity index (χ1v) is 9.10. The molecule has 26 heavy (non-hydrogen) atoms. The van der Waals surface area contributed by atoms with Gasteiger partial charge in [0.1, 0.15) is 6.04 Å². The van der Waals surface area contributed by atoms with Crippen LogP contribution in [0.1, 0.15) is 47.7 Å².